The van der Waals surface area contributed by atoms with E-state index in [1.165, 1.54) is 12.4 Å². The van der Waals surface area contributed by atoms with E-state index in [-0.39, 0.29) is 11.7 Å². The summed E-state index contributed by atoms with van der Waals surface area (Å²) in [6.45, 7) is 4.08. The predicted molar refractivity (Wildman–Crippen MR) is 57.0 cm³/mol. The van der Waals surface area contributed by atoms with E-state index in [1.54, 1.807) is 0 Å². The molecular weight excluding hydrogens is 194 g/mol. The van der Waals surface area contributed by atoms with Crippen LogP contribution in [0, 0.1) is 0 Å². The van der Waals surface area contributed by atoms with Crippen molar-refractivity contribution in [3.05, 3.63) is 18.1 Å². The van der Waals surface area contributed by atoms with Crippen LogP contribution in [0.25, 0.3) is 0 Å². The highest BCUT2D eigenvalue weighted by molar-refractivity contribution is 5.90. The van der Waals surface area contributed by atoms with Gasteiger partial charge in [0.2, 0.25) is 0 Å². The van der Waals surface area contributed by atoms with Gasteiger partial charge in [-0.05, 0) is 12.8 Å². The summed E-state index contributed by atoms with van der Waals surface area (Å²) in [5, 5.41) is 12.0. The second kappa shape index (κ2) is 5.29. The Morgan fingerprint density at radius 3 is 2.53 bits per heavy atom. The summed E-state index contributed by atoms with van der Waals surface area (Å²) in [6.07, 6.45) is 4.71. The van der Waals surface area contributed by atoms with Gasteiger partial charge in [-0.15, -0.1) is 0 Å². The third-order valence-corrected chi connectivity index (χ3v) is 2.23. The van der Waals surface area contributed by atoms with E-state index < -0.39 is 5.97 Å². The average molecular weight is 209 g/mol. The Morgan fingerprint density at radius 1 is 1.40 bits per heavy atom. The summed E-state index contributed by atoms with van der Waals surface area (Å²) < 4.78 is 0. The zero-order valence-electron chi connectivity index (χ0n) is 8.90. The molecule has 5 heteroatoms. The minimum Gasteiger partial charge on any atom is -0.476 e. The van der Waals surface area contributed by atoms with Crippen molar-refractivity contribution in [3.8, 4) is 0 Å². The zero-order valence-corrected chi connectivity index (χ0v) is 8.90. The number of aromatic carboxylic acids is 1. The van der Waals surface area contributed by atoms with Crippen molar-refractivity contribution in [2.45, 2.75) is 32.7 Å². The fraction of sp³-hybridized carbons (Fsp3) is 0.500. The lowest BCUT2D eigenvalue weighted by atomic mass is 10.2. The highest BCUT2D eigenvalue weighted by Gasteiger charge is 2.14. The number of aromatic nitrogens is 2. The Balaban J connectivity index is 2.88. The normalized spacial score (nSPS) is 10.3. The van der Waals surface area contributed by atoms with Gasteiger partial charge in [-0.2, -0.15) is 0 Å². The second-order valence-electron chi connectivity index (χ2n) is 3.22. The van der Waals surface area contributed by atoms with Crippen LogP contribution >= 0.6 is 0 Å². The summed E-state index contributed by atoms with van der Waals surface area (Å²) in [5.74, 6) is -0.713. The molecule has 0 unspecified atom stereocenters. The van der Waals surface area contributed by atoms with Gasteiger partial charge in [-0.1, -0.05) is 13.8 Å². The van der Waals surface area contributed by atoms with Crippen molar-refractivity contribution in [2.75, 3.05) is 5.32 Å². The first-order valence-corrected chi connectivity index (χ1v) is 4.99. The molecule has 5 nitrogen and oxygen atoms in total. The molecule has 0 aliphatic rings. The van der Waals surface area contributed by atoms with Gasteiger partial charge < -0.3 is 10.4 Å². The Morgan fingerprint density at radius 2 is 2.00 bits per heavy atom. The van der Waals surface area contributed by atoms with Gasteiger partial charge in [0.05, 0.1) is 0 Å². The van der Waals surface area contributed by atoms with Gasteiger partial charge >= 0.3 is 5.97 Å². The molecule has 82 valence electrons. The van der Waals surface area contributed by atoms with Crippen LogP contribution in [0.15, 0.2) is 12.4 Å². The SMILES string of the molecule is CCC(CC)Nc1nccnc1C(=O)O. The van der Waals surface area contributed by atoms with E-state index in [0.717, 1.165) is 12.8 Å². The number of nitrogens with one attached hydrogen (secondary N) is 1. The molecule has 1 heterocycles. The lowest BCUT2D eigenvalue weighted by molar-refractivity contribution is 0.0691. The minimum atomic E-state index is -1.06. The van der Waals surface area contributed by atoms with E-state index in [0.29, 0.717) is 5.82 Å². The fourth-order valence-electron chi connectivity index (χ4n) is 1.29. The number of hydrogen-bond donors (Lipinski definition) is 2. The first-order chi connectivity index (χ1) is 7.19. The maximum atomic E-state index is 10.8. The molecule has 1 aromatic heterocycles. The third kappa shape index (κ3) is 2.90. The maximum Gasteiger partial charge on any atom is 0.358 e. The van der Waals surface area contributed by atoms with Gasteiger partial charge in [0, 0.05) is 18.4 Å². The Bertz CT molecular complexity index is 337. The van der Waals surface area contributed by atoms with E-state index in [4.69, 9.17) is 5.11 Å². The van der Waals surface area contributed by atoms with Crippen LogP contribution in [-0.2, 0) is 0 Å². The average Bonchev–Trinajstić information content (AvgIpc) is 2.26. The molecule has 0 saturated carbocycles. The van der Waals surface area contributed by atoms with Crippen molar-refractivity contribution >= 4 is 11.8 Å². The van der Waals surface area contributed by atoms with Crippen LogP contribution in [0.2, 0.25) is 0 Å². The maximum absolute atomic E-state index is 10.8. The predicted octanol–water partition coefficient (Wildman–Crippen LogP) is 1.78. The van der Waals surface area contributed by atoms with Gasteiger partial charge in [0.25, 0.3) is 0 Å². The fourth-order valence-corrected chi connectivity index (χ4v) is 1.29. The molecule has 0 radical (unpaired) electrons. The Hall–Kier alpha value is -1.65. The summed E-state index contributed by atoms with van der Waals surface area (Å²) >= 11 is 0. The highest BCUT2D eigenvalue weighted by atomic mass is 16.4. The van der Waals surface area contributed by atoms with Crippen molar-refractivity contribution in [2.24, 2.45) is 0 Å². The van der Waals surface area contributed by atoms with E-state index in [2.05, 4.69) is 15.3 Å². The Labute approximate surface area is 88.6 Å². The van der Waals surface area contributed by atoms with Crippen LogP contribution in [0.4, 0.5) is 5.82 Å². The number of rotatable bonds is 5. The molecule has 0 bridgehead atoms. The number of hydrogen-bond acceptors (Lipinski definition) is 4. The van der Waals surface area contributed by atoms with Crippen LogP contribution < -0.4 is 5.32 Å². The molecule has 2 N–H and O–H groups in total. The van der Waals surface area contributed by atoms with Crippen molar-refractivity contribution in [1.82, 2.24) is 9.97 Å². The van der Waals surface area contributed by atoms with Crippen LogP contribution in [0.5, 0.6) is 0 Å². The molecule has 0 aliphatic heterocycles. The smallest absolute Gasteiger partial charge is 0.358 e. The molecule has 0 aliphatic carbocycles. The molecule has 15 heavy (non-hydrogen) atoms. The number of carboxylic acid groups (broad SMARTS) is 1. The molecular formula is C10H15N3O2. The third-order valence-electron chi connectivity index (χ3n) is 2.23. The Kier molecular flexibility index (Phi) is 4.03. The summed E-state index contributed by atoms with van der Waals surface area (Å²) in [5.41, 5.74) is -0.0237. The molecule has 0 saturated heterocycles. The molecule has 0 fully saturated rings. The van der Waals surface area contributed by atoms with Gasteiger partial charge in [-0.3, -0.25) is 0 Å². The lowest BCUT2D eigenvalue weighted by Gasteiger charge is -2.15. The topological polar surface area (TPSA) is 75.1 Å². The number of carboxylic acids is 1. The summed E-state index contributed by atoms with van der Waals surface area (Å²) in [4.78, 5) is 18.6. The standard InChI is InChI=1S/C10H15N3O2/c1-3-7(4-2)13-9-8(10(14)15)11-5-6-12-9/h5-7H,3-4H2,1-2H3,(H,12,13)(H,14,15). The number of carbonyl (C=O) groups is 1. The van der Waals surface area contributed by atoms with Crippen LogP contribution in [0.1, 0.15) is 37.2 Å². The van der Waals surface area contributed by atoms with Crippen LogP contribution in [0.3, 0.4) is 0 Å². The molecule has 0 atom stereocenters. The molecule has 0 amide bonds. The lowest BCUT2D eigenvalue weighted by Crippen LogP contribution is -2.20. The molecule has 1 aromatic rings. The first kappa shape index (κ1) is 11.4. The van der Waals surface area contributed by atoms with Crippen molar-refractivity contribution in [1.29, 1.82) is 0 Å². The monoisotopic (exact) mass is 209 g/mol. The minimum absolute atomic E-state index is 0.0237. The van der Waals surface area contributed by atoms with Crippen LogP contribution in [-0.4, -0.2) is 27.1 Å². The largest absolute Gasteiger partial charge is 0.476 e. The summed E-state index contributed by atoms with van der Waals surface area (Å²) in [7, 11) is 0. The molecule has 1 rings (SSSR count). The van der Waals surface area contributed by atoms with Crippen molar-refractivity contribution in [3.63, 3.8) is 0 Å². The van der Waals surface area contributed by atoms with Gasteiger partial charge in [0.1, 0.15) is 0 Å². The molecule has 0 spiro atoms. The number of anilines is 1. The van der Waals surface area contributed by atoms with E-state index in [1.807, 2.05) is 13.8 Å². The van der Waals surface area contributed by atoms with Gasteiger partial charge in [0.15, 0.2) is 11.5 Å². The molecule has 0 aromatic carbocycles. The quantitative estimate of drug-likeness (QED) is 0.773. The number of nitrogens with zero attached hydrogens (tertiary/aromatic N) is 2. The van der Waals surface area contributed by atoms with Crippen molar-refractivity contribution < 1.29 is 9.90 Å². The van der Waals surface area contributed by atoms with E-state index in [9.17, 15) is 4.79 Å². The van der Waals surface area contributed by atoms with Gasteiger partial charge in [-0.25, -0.2) is 14.8 Å². The van der Waals surface area contributed by atoms with E-state index >= 15 is 0 Å². The summed E-state index contributed by atoms with van der Waals surface area (Å²) in [6, 6.07) is 0.236. The second-order valence-corrected chi connectivity index (χ2v) is 3.22. The zero-order chi connectivity index (χ0) is 11.3. The highest BCUT2D eigenvalue weighted by Crippen LogP contribution is 2.12. The first-order valence-electron chi connectivity index (χ1n) is 4.99.